The first-order valence-electron chi connectivity index (χ1n) is 3.31. The summed E-state index contributed by atoms with van der Waals surface area (Å²) in [6.07, 6.45) is 1.43. The number of nitrogens with one attached hydrogen (secondary N) is 1. The van der Waals surface area contributed by atoms with Crippen LogP contribution in [0.5, 0.6) is 0 Å². The Morgan fingerprint density at radius 3 is 3.17 bits per heavy atom. The van der Waals surface area contributed by atoms with Crippen molar-refractivity contribution in [3.05, 3.63) is 17.6 Å². The van der Waals surface area contributed by atoms with E-state index in [9.17, 15) is 4.79 Å². The number of aromatic carboxylic acids is 1. The molecule has 2 N–H and O–H groups in total. The first-order valence-corrected chi connectivity index (χ1v) is 3.31. The average molecular weight is 166 g/mol. The molecule has 0 aliphatic heterocycles. The van der Waals surface area contributed by atoms with Gasteiger partial charge in [0, 0.05) is 0 Å². The zero-order valence-electron chi connectivity index (χ0n) is 6.27. The number of carboxylic acids is 1. The van der Waals surface area contributed by atoms with E-state index in [-0.39, 0.29) is 5.56 Å². The smallest absolute Gasteiger partial charge is 0.341 e. The number of aromatic nitrogens is 4. The summed E-state index contributed by atoms with van der Waals surface area (Å²) in [6, 6.07) is 0. The number of carbonyl (C=O) groups is 1. The number of hydrogen-bond acceptors (Lipinski definition) is 3. The Labute approximate surface area is 66.8 Å². The zero-order valence-corrected chi connectivity index (χ0v) is 6.27. The number of aryl methyl sites for hydroxylation is 1. The van der Waals surface area contributed by atoms with Crippen molar-refractivity contribution < 1.29 is 9.90 Å². The van der Waals surface area contributed by atoms with E-state index in [0.717, 1.165) is 0 Å². The van der Waals surface area contributed by atoms with E-state index in [1.807, 2.05) is 0 Å². The van der Waals surface area contributed by atoms with Gasteiger partial charge in [-0.3, -0.25) is 5.10 Å². The highest BCUT2D eigenvalue weighted by molar-refractivity contribution is 5.95. The average Bonchev–Trinajstić information content (AvgIpc) is 2.44. The molecule has 0 unspecified atom stereocenters. The molecule has 0 bridgehead atoms. The standard InChI is InChI=1S/C6H6N4O2/c1-3-4(6(11)12)5-8-7-2-10(5)9-3/h2,8H,1H3,(H,11,12). The van der Waals surface area contributed by atoms with Gasteiger partial charge in [-0.15, -0.1) is 0 Å². The maximum Gasteiger partial charge on any atom is 0.341 e. The lowest BCUT2D eigenvalue weighted by Gasteiger charge is -1.86. The molecule has 2 heterocycles. The van der Waals surface area contributed by atoms with Crippen molar-refractivity contribution in [3.8, 4) is 0 Å². The molecule has 0 aromatic carbocycles. The third-order valence-electron chi connectivity index (χ3n) is 1.64. The fourth-order valence-electron chi connectivity index (χ4n) is 1.14. The van der Waals surface area contributed by atoms with E-state index in [1.54, 1.807) is 6.92 Å². The van der Waals surface area contributed by atoms with Crippen molar-refractivity contribution in [2.75, 3.05) is 0 Å². The molecule has 0 aliphatic rings. The molecule has 0 saturated carbocycles. The molecule has 2 aromatic heterocycles. The van der Waals surface area contributed by atoms with Crippen LogP contribution in [-0.4, -0.2) is 30.9 Å². The molecule has 2 aromatic rings. The van der Waals surface area contributed by atoms with Gasteiger partial charge in [0.15, 0.2) is 5.65 Å². The number of H-pyrrole nitrogens is 1. The Kier molecular flexibility index (Phi) is 1.18. The molecular formula is C6H6N4O2. The van der Waals surface area contributed by atoms with Crippen LogP contribution in [0, 0.1) is 6.92 Å². The summed E-state index contributed by atoms with van der Waals surface area (Å²) in [5.74, 6) is -0.994. The van der Waals surface area contributed by atoms with E-state index < -0.39 is 5.97 Å². The molecule has 0 radical (unpaired) electrons. The summed E-state index contributed by atoms with van der Waals surface area (Å²) in [7, 11) is 0. The highest BCUT2D eigenvalue weighted by Crippen LogP contribution is 2.11. The Morgan fingerprint density at radius 1 is 1.75 bits per heavy atom. The van der Waals surface area contributed by atoms with Crippen LogP contribution in [0.2, 0.25) is 0 Å². The summed E-state index contributed by atoms with van der Waals surface area (Å²) < 4.78 is 1.40. The van der Waals surface area contributed by atoms with Crippen LogP contribution < -0.4 is 0 Å². The molecule has 0 saturated heterocycles. The zero-order chi connectivity index (χ0) is 8.72. The van der Waals surface area contributed by atoms with Crippen LogP contribution in [0.4, 0.5) is 0 Å². The van der Waals surface area contributed by atoms with E-state index in [1.165, 1.54) is 10.8 Å². The van der Waals surface area contributed by atoms with Crippen molar-refractivity contribution >= 4 is 11.6 Å². The second-order valence-corrected chi connectivity index (χ2v) is 2.42. The minimum Gasteiger partial charge on any atom is -0.477 e. The van der Waals surface area contributed by atoms with Gasteiger partial charge in [0.05, 0.1) is 5.69 Å². The predicted molar refractivity (Wildman–Crippen MR) is 39.0 cm³/mol. The molecule has 2 rings (SSSR count). The molecular weight excluding hydrogens is 160 g/mol. The molecule has 0 fully saturated rings. The van der Waals surface area contributed by atoms with Crippen LogP contribution in [0.1, 0.15) is 16.1 Å². The van der Waals surface area contributed by atoms with Crippen LogP contribution in [-0.2, 0) is 0 Å². The summed E-state index contributed by atoms with van der Waals surface area (Å²) in [5.41, 5.74) is 1.07. The molecule has 6 nitrogen and oxygen atoms in total. The molecule has 6 heteroatoms. The Balaban J connectivity index is 2.84. The van der Waals surface area contributed by atoms with Gasteiger partial charge in [-0.1, -0.05) is 0 Å². The molecule has 0 amide bonds. The van der Waals surface area contributed by atoms with Crippen molar-refractivity contribution in [3.63, 3.8) is 0 Å². The molecule has 62 valence electrons. The van der Waals surface area contributed by atoms with Gasteiger partial charge in [-0.25, -0.2) is 9.31 Å². The fourth-order valence-corrected chi connectivity index (χ4v) is 1.14. The molecule has 0 spiro atoms. The minimum absolute atomic E-state index is 0.174. The van der Waals surface area contributed by atoms with Crippen LogP contribution in [0.3, 0.4) is 0 Å². The first-order chi connectivity index (χ1) is 5.70. The number of hydrogen-bond donors (Lipinski definition) is 2. The monoisotopic (exact) mass is 166 g/mol. The van der Waals surface area contributed by atoms with E-state index >= 15 is 0 Å². The Morgan fingerprint density at radius 2 is 2.50 bits per heavy atom. The lowest BCUT2D eigenvalue weighted by molar-refractivity contribution is 0.0698. The van der Waals surface area contributed by atoms with Crippen molar-refractivity contribution in [2.24, 2.45) is 0 Å². The maximum absolute atomic E-state index is 10.7. The van der Waals surface area contributed by atoms with Gasteiger partial charge < -0.3 is 5.11 Å². The summed E-state index contributed by atoms with van der Waals surface area (Å²) >= 11 is 0. The Hall–Kier alpha value is -1.85. The summed E-state index contributed by atoms with van der Waals surface area (Å²) in [5, 5.41) is 18.9. The topological polar surface area (TPSA) is 83.3 Å². The van der Waals surface area contributed by atoms with Gasteiger partial charge in [0.2, 0.25) is 0 Å². The third kappa shape index (κ3) is 0.714. The Bertz CT molecular complexity index is 441. The van der Waals surface area contributed by atoms with Gasteiger partial charge in [-0.2, -0.15) is 10.2 Å². The number of aromatic amines is 1. The van der Waals surface area contributed by atoms with Gasteiger partial charge in [-0.05, 0) is 6.92 Å². The second-order valence-electron chi connectivity index (χ2n) is 2.42. The lowest BCUT2D eigenvalue weighted by atomic mass is 10.2. The second kappa shape index (κ2) is 2.07. The van der Waals surface area contributed by atoms with Gasteiger partial charge in [0.1, 0.15) is 11.9 Å². The first kappa shape index (κ1) is 6.84. The van der Waals surface area contributed by atoms with Crippen LogP contribution in [0.15, 0.2) is 6.33 Å². The van der Waals surface area contributed by atoms with Crippen LogP contribution >= 0.6 is 0 Å². The normalized spacial score (nSPS) is 10.8. The highest BCUT2D eigenvalue weighted by atomic mass is 16.4. The molecule has 0 aliphatic carbocycles. The molecule has 0 atom stereocenters. The van der Waals surface area contributed by atoms with Gasteiger partial charge in [0.25, 0.3) is 0 Å². The van der Waals surface area contributed by atoms with E-state index in [4.69, 9.17) is 5.11 Å². The fraction of sp³-hybridized carbons (Fsp3) is 0.167. The predicted octanol–water partition coefficient (Wildman–Crippen LogP) is 0.0640. The molecule has 12 heavy (non-hydrogen) atoms. The minimum atomic E-state index is -0.994. The van der Waals surface area contributed by atoms with Crippen molar-refractivity contribution in [1.29, 1.82) is 0 Å². The van der Waals surface area contributed by atoms with E-state index in [0.29, 0.717) is 11.3 Å². The number of carboxylic acid groups (broad SMARTS) is 1. The maximum atomic E-state index is 10.7. The highest BCUT2D eigenvalue weighted by Gasteiger charge is 2.16. The summed E-state index contributed by atoms with van der Waals surface area (Å²) in [6.45, 7) is 1.64. The third-order valence-corrected chi connectivity index (χ3v) is 1.64. The number of nitrogens with zero attached hydrogens (tertiary/aromatic N) is 3. The quantitative estimate of drug-likeness (QED) is 0.627. The summed E-state index contributed by atoms with van der Waals surface area (Å²) in [4.78, 5) is 10.7. The number of rotatable bonds is 1. The SMILES string of the molecule is Cc1nn2cn[nH]c2c1C(=O)O. The lowest BCUT2D eigenvalue weighted by Crippen LogP contribution is -1.97. The van der Waals surface area contributed by atoms with Crippen molar-refractivity contribution in [1.82, 2.24) is 19.8 Å². The largest absolute Gasteiger partial charge is 0.477 e. The van der Waals surface area contributed by atoms with Crippen LogP contribution in [0.25, 0.3) is 5.65 Å². The van der Waals surface area contributed by atoms with E-state index in [2.05, 4.69) is 15.3 Å². The van der Waals surface area contributed by atoms with Gasteiger partial charge >= 0.3 is 5.97 Å². The number of fused-ring (bicyclic) bond motifs is 1. The van der Waals surface area contributed by atoms with Crippen molar-refractivity contribution in [2.45, 2.75) is 6.92 Å².